The topological polar surface area (TPSA) is 63.8 Å². The smallest absolute Gasteiger partial charge is 0.226 e. The third-order valence-corrected chi connectivity index (χ3v) is 4.18. The van der Waals surface area contributed by atoms with E-state index in [2.05, 4.69) is 47.5 Å². The maximum Gasteiger partial charge on any atom is 0.226 e. The Labute approximate surface area is 152 Å². The summed E-state index contributed by atoms with van der Waals surface area (Å²) >= 11 is 0. The molecule has 130 valence electrons. The van der Waals surface area contributed by atoms with E-state index in [1.54, 1.807) is 0 Å². The lowest BCUT2D eigenvalue weighted by Gasteiger charge is -2.11. The summed E-state index contributed by atoms with van der Waals surface area (Å²) in [6, 6.07) is 18.2. The fourth-order valence-electron chi connectivity index (χ4n) is 2.90. The molecule has 0 unspecified atom stereocenters. The zero-order valence-corrected chi connectivity index (χ0v) is 14.9. The Hall–Kier alpha value is -3.21. The van der Waals surface area contributed by atoms with E-state index in [0.29, 0.717) is 11.7 Å². The number of hydrogen-bond donors (Lipinski definition) is 1. The van der Waals surface area contributed by atoms with Gasteiger partial charge in [0.05, 0.1) is 11.1 Å². The van der Waals surface area contributed by atoms with Gasteiger partial charge in [-0.15, -0.1) is 0 Å². The van der Waals surface area contributed by atoms with Gasteiger partial charge in [-0.25, -0.2) is 4.98 Å². The molecular formula is C21H20N4O. The van der Waals surface area contributed by atoms with Gasteiger partial charge in [0, 0.05) is 17.5 Å². The zero-order chi connectivity index (χ0) is 17.9. The van der Waals surface area contributed by atoms with Crippen molar-refractivity contribution in [1.82, 2.24) is 15.1 Å². The molecule has 0 fully saturated rings. The van der Waals surface area contributed by atoms with Crippen molar-refractivity contribution in [2.24, 2.45) is 0 Å². The van der Waals surface area contributed by atoms with Crippen molar-refractivity contribution >= 4 is 22.4 Å². The fourth-order valence-corrected chi connectivity index (χ4v) is 2.90. The minimum absolute atomic E-state index is 0.558. The number of hydrogen-bond acceptors (Lipinski definition) is 5. The molecule has 0 amide bonds. The molecule has 2 aromatic heterocycles. The molecular weight excluding hydrogens is 324 g/mol. The minimum atomic E-state index is 0.558. The Balaban J connectivity index is 1.84. The van der Waals surface area contributed by atoms with E-state index < -0.39 is 0 Å². The number of anilines is 2. The normalized spacial score (nSPS) is 11.0. The number of benzene rings is 2. The van der Waals surface area contributed by atoms with Gasteiger partial charge >= 0.3 is 0 Å². The predicted molar refractivity (Wildman–Crippen MR) is 103 cm³/mol. The maximum absolute atomic E-state index is 5.38. The van der Waals surface area contributed by atoms with Crippen LogP contribution in [0.5, 0.6) is 0 Å². The summed E-state index contributed by atoms with van der Waals surface area (Å²) in [4.78, 5) is 9.35. The summed E-state index contributed by atoms with van der Waals surface area (Å²) in [5.74, 6) is 1.93. The quantitative estimate of drug-likeness (QED) is 0.533. The molecule has 4 aromatic rings. The number of nitrogens with zero attached hydrogens (tertiary/aromatic N) is 3. The standard InChI is InChI=1S/C21H20N4O/c1-3-7-19-24-21(25-26-19)17-13-15-12-14(2)10-11-18(15)23-20(17)22-16-8-5-4-6-9-16/h4-6,8-13H,3,7H2,1-2H3,(H,22,23). The first-order chi connectivity index (χ1) is 12.7. The van der Waals surface area contributed by atoms with Crippen LogP contribution in [-0.4, -0.2) is 15.1 Å². The van der Waals surface area contributed by atoms with Crippen molar-refractivity contribution in [1.29, 1.82) is 0 Å². The number of pyridine rings is 1. The summed E-state index contributed by atoms with van der Waals surface area (Å²) < 4.78 is 5.38. The molecule has 2 heterocycles. The Morgan fingerprint density at radius 3 is 2.65 bits per heavy atom. The van der Waals surface area contributed by atoms with E-state index in [1.165, 1.54) is 5.56 Å². The van der Waals surface area contributed by atoms with Crippen molar-refractivity contribution in [2.75, 3.05) is 5.32 Å². The largest absolute Gasteiger partial charge is 0.340 e. The van der Waals surface area contributed by atoms with Crippen LogP contribution >= 0.6 is 0 Å². The number of nitrogens with one attached hydrogen (secondary N) is 1. The highest BCUT2D eigenvalue weighted by molar-refractivity contribution is 5.89. The van der Waals surface area contributed by atoms with E-state index in [9.17, 15) is 0 Å². The number of rotatable bonds is 5. The van der Waals surface area contributed by atoms with Crippen molar-refractivity contribution in [2.45, 2.75) is 26.7 Å². The van der Waals surface area contributed by atoms with Crippen LogP contribution in [0.25, 0.3) is 22.3 Å². The summed E-state index contributed by atoms with van der Waals surface area (Å²) in [6.07, 6.45) is 1.74. The molecule has 4 rings (SSSR count). The molecule has 0 saturated carbocycles. The van der Waals surface area contributed by atoms with Gasteiger partial charge in [0.1, 0.15) is 5.82 Å². The number of aryl methyl sites for hydroxylation is 2. The number of aromatic nitrogens is 3. The molecule has 5 nitrogen and oxygen atoms in total. The van der Waals surface area contributed by atoms with Crippen LogP contribution in [0, 0.1) is 6.92 Å². The number of fused-ring (bicyclic) bond motifs is 1. The lowest BCUT2D eigenvalue weighted by molar-refractivity contribution is 0.378. The van der Waals surface area contributed by atoms with Crippen molar-refractivity contribution < 1.29 is 4.52 Å². The highest BCUT2D eigenvalue weighted by Crippen LogP contribution is 2.31. The molecule has 0 radical (unpaired) electrons. The van der Waals surface area contributed by atoms with Crippen LogP contribution in [0.4, 0.5) is 11.5 Å². The van der Waals surface area contributed by atoms with E-state index in [-0.39, 0.29) is 0 Å². The second-order valence-corrected chi connectivity index (χ2v) is 6.33. The molecule has 1 N–H and O–H groups in total. The van der Waals surface area contributed by atoms with Gasteiger partial charge in [-0.3, -0.25) is 0 Å². The lowest BCUT2D eigenvalue weighted by Crippen LogP contribution is -1.98. The number of para-hydroxylation sites is 1. The molecule has 5 heteroatoms. The van der Waals surface area contributed by atoms with Crippen LogP contribution in [0.3, 0.4) is 0 Å². The van der Waals surface area contributed by atoms with Gasteiger partial charge in [-0.1, -0.05) is 41.9 Å². The molecule has 0 aliphatic heterocycles. The Morgan fingerprint density at radius 1 is 1.00 bits per heavy atom. The second kappa shape index (κ2) is 6.96. The highest BCUT2D eigenvalue weighted by Gasteiger charge is 2.15. The van der Waals surface area contributed by atoms with Gasteiger partial charge in [-0.2, -0.15) is 4.98 Å². The van der Waals surface area contributed by atoms with Gasteiger partial charge in [0.25, 0.3) is 0 Å². The molecule has 0 spiro atoms. The van der Waals surface area contributed by atoms with Gasteiger partial charge in [0.2, 0.25) is 11.7 Å². The Morgan fingerprint density at radius 2 is 1.85 bits per heavy atom. The fraction of sp³-hybridized carbons (Fsp3) is 0.190. The molecule has 0 aliphatic carbocycles. The van der Waals surface area contributed by atoms with Gasteiger partial charge in [-0.05, 0) is 43.7 Å². The van der Waals surface area contributed by atoms with Crippen LogP contribution in [0.2, 0.25) is 0 Å². The highest BCUT2D eigenvalue weighted by atomic mass is 16.5. The van der Waals surface area contributed by atoms with Crippen molar-refractivity contribution in [3.8, 4) is 11.4 Å². The SMILES string of the molecule is CCCc1nc(-c2cc3cc(C)ccc3nc2Nc2ccccc2)no1. The minimum Gasteiger partial charge on any atom is -0.340 e. The summed E-state index contributed by atoms with van der Waals surface area (Å²) in [6.45, 7) is 4.16. The maximum atomic E-state index is 5.38. The first-order valence-electron chi connectivity index (χ1n) is 8.79. The molecule has 0 aliphatic rings. The average Bonchev–Trinajstić information content (AvgIpc) is 3.11. The third-order valence-electron chi connectivity index (χ3n) is 4.18. The molecule has 0 atom stereocenters. The van der Waals surface area contributed by atoms with E-state index in [0.717, 1.165) is 40.8 Å². The Kier molecular flexibility index (Phi) is 4.35. The summed E-state index contributed by atoms with van der Waals surface area (Å²) in [5.41, 5.74) is 3.91. The molecule has 26 heavy (non-hydrogen) atoms. The van der Waals surface area contributed by atoms with Crippen LogP contribution < -0.4 is 5.32 Å². The van der Waals surface area contributed by atoms with Gasteiger partial charge < -0.3 is 9.84 Å². The Bertz CT molecular complexity index is 1040. The second-order valence-electron chi connectivity index (χ2n) is 6.33. The average molecular weight is 344 g/mol. The van der Waals surface area contributed by atoms with Gasteiger partial charge in [0.15, 0.2) is 0 Å². The molecule has 0 saturated heterocycles. The van der Waals surface area contributed by atoms with E-state index in [4.69, 9.17) is 9.51 Å². The predicted octanol–water partition coefficient (Wildman–Crippen LogP) is 5.29. The molecule has 0 bridgehead atoms. The van der Waals surface area contributed by atoms with E-state index >= 15 is 0 Å². The van der Waals surface area contributed by atoms with E-state index in [1.807, 2.05) is 36.4 Å². The van der Waals surface area contributed by atoms with Crippen LogP contribution in [0.1, 0.15) is 24.8 Å². The van der Waals surface area contributed by atoms with Crippen LogP contribution in [-0.2, 0) is 6.42 Å². The summed E-state index contributed by atoms with van der Waals surface area (Å²) in [5, 5.41) is 8.61. The van der Waals surface area contributed by atoms with Crippen molar-refractivity contribution in [3.63, 3.8) is 0 Å². The summed E-state index contributed by atoms with van der Waals surface area (Å²) in [7, 11) is 0. The van der Waals surface area contributed by atoms with Crippen LogP contribution in [0.15, 0.2) is 59.1 Å². The lowest BCUT2D eigenvalue weighted by atomic mass is 10.1. The first kappa shape index (κ1) is 16.3. The third kappa shape index (κ3) is 3.28. The first-order valence-corrected chi connectivity index (χ1v) is 8.79. The monoisotopic (exact) mass is 344 g/mol. The zero-order valence-electron chi connectivity index (χ0n) is 14.9. The molecule has 2 aromatic carbocycles. The van der Waals surface area contributed by atoms with Crippen molar-refractivity contribution in [3.05, 3.63) is 66.1 Å².